The first-order chi connectivity index (χ1) is 9.47. The van der Waals surface area contributed by atoms with E-state index in [0.717, 1.165) is 9.75 Å². The highest BCUT2D eigenvalue weighted by Gasteiger charge is 2.43. The molecule has 0 atom stereocenters. The Balaban J connectivity index is 2.41. The van der Waals surface area contributed by atoms with E-state index in [1.54, 1.807) is 6.07 Å². The van der Waals surface area contributed by atoms with Crippen molar-refractivity contribution in [3.8, 4) is 0 Å². The van der Waals surface area contributed by atoms with Crippen molar-refractivity contribution >= 4 is 21.4 Å². The molecule has 2 heterocycles. The minimum absolute atomic E-state index is 0.353. The van der Waals surface area contributed by atoms with Crippen molar-refractivity contribution in [1.29, 1.82) is 0 Å². The Morgan fingerprint density at radius 2 is 1.81 bits per heavy atom. The van der Waals surface area contributed by atoms with Crippen molar-refractivity contribution in [3.05, 3.63) is 15.8 Å². The van der Waals surface area contributed by atoms with Crippen LogP contribution in [0, 0.1) is 6.92 Å². The smallest absolute Gasteiger partial charge is 0.244 e. The maximum atomic E-state index is 12.9. The van der Waals surface area contributed by atoms with Crippen molar-refractivity contribution in [1.82, 2.24) is 4.31 Å². The van der Waals surface area contributed by atoms with Gasteiger partial charge in [-0.2, -0.15) is 4.31 Å². The monoisotopic (exact) mass is 332 g/mol. The molecular formula is C14H24N2O3S2. The summed E-state index contributed by atoms with van der Waals surface area (Å²) in [7, 11) is -3.52. The molecule has 120 valence electrons. The summed E-state index contributed by atoms with van der Waals surface area (Å²) in [4.78, 5) is 2.05. The molecule has 1 aliphatic heterocycles. The van der Waals surface area contributed by atoms with Crippen LogP contribution >= 0.6 is 11.3 Å². The molecule has 0 amide bonds. The minimum Gasteiger partial charge on any atom is -0.367 e. The summed E-state index contributed by atoms with van der Waals surface area (Å²) in [5.41, 5.74) is 4.61. The molecule has 0 aromatic carbocycles. The second kappa shape index (κ2) is 5.31. The summed E-state index contributed by atoms with van der Waals surface area (Å²) in [5.74, 6) is 0. The van der Waals surface area contributed by atoms with Crippen molar-refractivity contribution < 1.29 is 13.2 Å². The van der Waals surface area contributed by atoms with E-state index in [1.807, 2.05) is 34.6 Å². The Hall–Kier alpha value is -0.470. The largest absolute Gasteiger partial charge is 0.367 e. The van der Waals surface area contributed by atoms with E-state index in [1.165, 1.54) is 15.6 Å². The molecule has 7 heteroatoms. The molecule has 0 bridgehead atoms. The molecule has 2 rings (SSSR count). The first-order valence-corrected chi connectivity index (χ1v) is 9.22. The zero-order chi connectivity index (χ0) is 16.1. The van der Waals surface area contributed by atoms with Gasteiger partial charge < -0.3 is 10.5 Å². The first-order valence-electron chi connectivity index (χ1n) is 6.97. The molecule has 0 saturated carbocycles. The Morgan fingerprint density at radius 1 is 1.29 bits per heavy atom. The first kappa shape index (κ1) is 16.9. The fourth-order valence-corrected chi connectivity index (χ4v) is 6.13. The third-order valence-corrected chi connectivity index (χ3v) is 6.53. The van der Waals surface area contributed by atoms with Gasteiger partial charge in [-0.25, -0.2) is 8.42 Å². The maximum absolute atomic E-state index is 12.9. The second-order valence-corrected chi connectivity index (χ2v) is 9.98. The van der Waals surface area contributed by atoms with Gasteiger partial charge in [0.1, 0.15) is 0 Å². The van der Waals surface area contributed by atoms with Crippen LogP contribution in [0.1, 0.15) is 37.4 Å². The van der Waals surface area contributed by atoms with Gasteiger partial charge >= 0.3 is 0 Å². The molecule has 1 fully saturated rings. The van der Waals surface area contributed by atoms with E-state index in [0.29, 0.717) is 24.5 Å². The van der Waals surface area contributed by atoms with Gasteiger partial charge in [0, 0.05) is 29.4 Å². The quantitative estimate of drug-likeness (QED) is 0.920. The van der Waals surface area contributed by atoms with E-state index in [-0.39, 0.29) is 0 Å². The topological polar surface area (TPSA) is 72.6 Å². The highest BCUT2D eigenvalue weighted by Crippen LogP contribution is 2.34. The predicted octanol–water partition coefficient (Wildman–Crippen LogP) is 2.09. The molecule has 21 heavy (non-hydrogen) atoms. The van der Waals surface area contributed by atoms with Gasteiger partial charge in [-0.05, 0) is 40.7 Å². The van der Waals surface area contributed by atoms with Gasteiger partial charge in [-0.1, -0.05) is 0 Å². The van der Waals surface area contributed by atoms with Gasteiger partial charge in [0.15, 0.2) is 0 Å². The highest BCUT2D eigenvalue weighted by atomic mass is 32.2. The second-order valence-electron chi connectivity index (χ2n) is 6.73. The number of thiophene rings is 1. The van der Waals surface area contributed by atoms with Crippen LogP contribution in [0.3, 0.4) is 0 Å². The summed E-state index contributed by atoms with van der Waals surface area (Å²) in [6.07, 6.45) is 0. The third-order valence-electron chi connectivity index (χ3n) is 3.41. The summed E-state index contributed by atoms with van der Waals surface area (Å²) in [5, 5.41) is 0. The van der Waals surface area contributed by atoms with Gasteiger partial charge in [0.05, 0.1) is 16.1 Å². The van der Waals surface area contributed by atoms with Gasteiger partial charge in [-0.15, -0.1) is 11.3 Å². The Morgan fingerprint density at radius 3 is 2.24 bits per heavy atom. The van der Waals surface area contributed by atoms with Crippen molar-refractivity contribution in [3.63, 3.8) is 0 Å². The van der Waals surface area contributed by atoms with E-state index in [4.69, 9.17) is 10.5 Å². The molecule has 1 aromatic heterocycles. The minimum atomic E-state index is -3.52. The Kier molecular flexibility index (Phi) is 4.27. The van der Waals surface area contributed by atoms with E-state index in [2.05, 4.69) is 0 Å². The van der Waals surface area contributed by atoms with Gasteiger partial charge in [-0.3, -0.25) is 0 Å². The normalized spacial score (nSPS) is 22.4. The fourth-order valence-electron chi connectivity index (χ4n) is 2.91. The van der Waals surface area contributed by atoms with Crippen molar-refractivity contribution in [2.24, 2.45) is 5.73 Å². The Bertz CT molecular complexity index is 617. The average Bonchev–Trinajstić information content (AvgIpc) is 2.67. The molecule has 5 nitrogen and oxygen atoms in total. The number of nitrogens with two attached hydrogens (primary N) is 1. The molecule has 1 aliphatic rings. The van der Waals surface area contributed by atoms with Crippen LogP contribution in [0.15, 0.2) is 11.0 Å². The highest BCUT2D eigenvalue weighted by molar-refractivity contribution is 7.89. The third kappa shape index (κ3) is 3.48. The zero-order valence-electron chi connectivity index (χ0n) is 13.3. The standard InChI is InChI=1S/C14H24N2O3S2/c1-10-12(6-11(7-15)20-10)21(17,18)16-8-13(2,3)19-14(4,5)9-16/h6H,7-9,15H2,1-5H3. The number of nitrogens with zero attached hydrogens (tertiary/aromatic N) is 1. The molecule has 0 unspecified atom stereocenters. The number of morpholine rings is 1. The van der Waals surface area contributed by atoms with Gasteiger partial charge in [0.2, 0.25) is 10.0 Å². The predicted molar refractivity (Wildman–Crippen MR) is 84.9 cm³/mol. The number of hydrogen-bond acceptors (Lipinski definition) is 5. The van der Waals surface area contributed by atoms with E-state index < -0.39 is 21.2 Å². The lowest BCUT2D eigenvalue weighted by molar-refractivity contribution is -0.163. The number of rotatable bonds is 3. The lowest BCUT2D eigenvalue weighted by Crippen LogP contribution is -2.58. The summed E-state index contributed by atoms with van der Waals surface area (Å²) in [6, 6.07) is 1.70. The van der Waals surface area contributed by atoms with Crippen molar-refractivity contribution in [2.45, 2.75) is 57.3 Å². The molecule has 1 saturated heterocycles. The van der Waals surface area contributed by atoms with E-state index in [9.17, 15) is 8.42 Å². The molecule has 0 radical (unpaired) electrons. The average molecular weight is 332 g/mol. The van der Waals surface area contributed by atoms with Crippen LogP contribution in [-0.4, -0.2) is 37.0 Å². The number of hydrogen-bond donors (Lipinski definition) is 1. The van der Waals surface area contributed by atoms with Crippen LogP contribution in [0.4, 0.5) is 0 Å². The van der Waals surface area contributed by atoms with Crippen LogP contribution in [0.2, 0.25) is 0 Å². The maximum Gasteiger partial charge on any atom is 0.244 e. The number of aryl methyl sites for hydroxylation is 1. The van der Waals surface area contributed by atoms with Crippen LogP contribution in [-0.2, 0) is 21.3 Å². The lowest BCUT2D eigenvalue weighted by atomic mass is 10.0. The van der Waals surface area contributed by atoms with Crippen LogP contribution < -0.4 is 5.73 Å². The summed E-state index contributed by atoms with van der Waals surface area (Å²) >= 11 is 1.44. The molecular weight excluding hydrogens is 308 g/mol. The lowest BCUT2D eigenvalue weighted by Gasteiger charge is -2.46. The summed E-state index contributed by atoms with van der Waals surface area (Å²) in [6.45, 7) is 10.6. The number of sulfonamides is 1. The van der Waals surface area contributed by atoms with Crippen LogP contribution in [0.5, 0.6) is 0 Å². The fraction of sp³-hybridized carbons (Fsp3) is 0.714. The van der Waals surface area contributed by atoms with Crippen molar-refractivity contribution in [2.75, 3.05) is 13.1 Å². The molecule has 0 spiro atoms. The van der Waals surface area contributed by atoms with Gasteiger partial charge in [0.25, 0.3) is 0 Å². The SMILES string of the molecule is Cc1sc(CN)cc1S(=O)(=O)N1CC(C)(C)OC(C)(C)C1. The molecule has 2 N–H and O–H groups in total. The zero-order valence-corrected chi connectivity index (χ0v) is 14.9. The summed E-state index contributed by atoms with van der Waals surface area (Å²) < 4.78 is 33.4. The van der Waals surface area contributed by atoms with Crippen LogP contribution in [0.25, 0.3) is 0 Å². The Labute approximate surface area is 131 Å². The molecule has 1 aromatic rings. The van der Waals surface area contributed by atoms with E-state index >= 15 is 0 Å². The number of ether oxygens (including phenoxy) is 1. The molecule has 0 aliphatic carbocycles.